The number of thiazole rings is 1. The fourth-order valence-electron chi connectivity index (χ4n) is 4.75. The Morgan fingerprint density at radius 1 is 1.12 bits per heavy atom. The molecule has 170 valence electrons. The average Bonchev–Trinajstić information content (AvgIpc) is 3.50. The van der Waals surface area contributed by atoms with E-state index in [0.29, 0.717) is 5.13 Å². The molecule has 2 aliphatic rings. The molecule has 1 saturated carbocycles. The Morgan fingerprint density at radius 3 is 2.45 bits per heavy atom. The number of hydrogen-bond donors (Lipinski definition) is 1. The van der Waals surface area contributed by atoms with E-state index in [4.69, 9.17) is 0 Å². The number of fused-ring (bicyclic) bond motifs is 1. The van der Waals surface area contributed by atoms with E-state index in [1.54, 1.807) is 6.20 Å². The normalized spacial score (nSPS) is 20.2. The molecule has 1 aromatic carbocycles. The van der Waals surface area contributed by atoms with Crippen molar-refractivity contribution in [2.75, 3.05) is 11.9 Å². The van der Waals surface area contributed by atoms with E-state index in [0.717, 1.165) is 47.6 Å². The van der Waals surface area contributed by atoms with Crippen LogP contribution in [0.2, 0.25) is 0 Å². The first kappa shape index (κ1) is 21.5. The largest absolute Gasteiger partial charge is 0.333 e. The second-order valence-corrected chi connectivity index (χ2v) is 9.55. The van der Waals surface area contributed by atoms with Crippen LogP contribution in [0.5, 0.6) is 0 Å². The van der Waals surface area contributed by atoms with E-state index in [1.807, 2.05) is 48.1 Å². The van der Waals surface area contributed by atoms with E-state index in [-0.39, 0.29) is 42.5 Å². The summed E-state index contributed by atoms with van der Waals surface area (Å²) in [5.41, 5.74) is 1.68. The summed E-state index contributed by atoms with van der Waals surface area (Å²) in [7, 11) is 1.91. The topological polar surface area (TPSA) is 97.2 Å². The number of nitrogens with zero attached hydrogens (tertiary/aromatic N) is 4. The van der Waals surface area contributed by atoms with Crippen molar-refractivity contribution in [3.05, 3.63) is 42.7 Å². The quantitative estimate of drug-likeness (QED) is 0.562. The summed E-state index contributed by atoms with van der Waals surface area (Å²) >= 11 is 1.36. The fourth-order valence-corrected chi connectivity index (χ4v) is 5.79. The van der Waals surface area contributed by atoms with Crippen molar-refractivity contribution >= 4 is 34.2 Å². The first-order chi connectivity index (χ1) is 16.0. The van der Waals surface area contributed by atoms with Gasteiger partial charge in [0.05, 0.1) is 22.4 Å². The minimum Gasteiger partial charge on any atom is -0.333 e. The number of aromatic nitrogens is 3. The SMILES string of the molecule is Cn1ccnc1-c1sc(NC(=O)CCN2C(=O)[C@H]3CCCC[C@H]3C2=O)nc1-c1ccccc1. The molecule has 2 aromatic heterocycles. The maximum absolute atomic E-state index is 12.7. The van der Waals surface area contributed by atoms with Gasteiger partial charge in [0.15, 0.2) is 11.0 Å². The van der Waals surface area contributed by atoms with Crippen LogP contribution in [-0.2, 0) is 21.4 Å². The molecule has 1 aliphatic heterocycles. The van der Waals surface area contributed by atoms with Gasteiger partial charge in [-0.1, -0.05) is 54.5 Å². The summed E-state index contributed by atoms with van der Waals surface area (Å²) in [6, 6.07) is 9.76. The van der Waals surface area contributed by atoms with Gasteiger partial charge in [-0.2, -0.15) is 0 Å². The molecular weight excluding hydrogens is 438 g/mol. The monoisotopic (exact) mass is 463 g/mol. The van der Waals surface area contributed by atoms with Gasteiger partial charge in [-0.3, -0.25) is 19.3 Å². The van der Waals surface area contributed by atoms with Gasteiger partial charge in [-0.05, 0) is 12.8 Å². The van der Waals surface area contributed by atoms with E-state index < -0.39 is 0 Å². The van der Waals surface area contributed by atoms with Crippen LogP contribution in [0.25, 0.3) is 22.0 Å². The second-order valence-electron chi connectivity index (χ2n) is 8.55. The molecule has 0 radical (unpaired) electrons. The van der Waals surface area contributed by atoms with Gasteiger partial charge in [0.1, 0.15) is 0 Å². The zero-order valence-corrected chi connectivity index (χ0v) is 19.2. The number of nitrogens with one attached hydrogen (secondary N) is 1. The predicted octanol–water partition coefficient (Wildman–Crippen LogP) is 3.71. The van der Waals surface area contributed by atoms with Crippen molar-refractivity contribution in [1.29, 1.82) is 0 Å². The highest BCUT2D eigenvalue weighted by molar-refractivity contribution is 7.19. The van der Waals surface area contributed by atoms with Crippen LogP contribution in [-0.4, -0.2) is 43.7 Å². The van der Waals surface area contributed by atoms with Crippen molar-refractivity contribution in [2.24, 2.45) is 18.9 Å². The molecule has 8 nitrogen and oxygen atoms in total. The van der Waals surface area contributed by atoms with Crippen LogP contribution in [0.4, 0.5) is 5.13 Å². The number of anilines is 1. The summed E-state index contributed by atoms with van der Waals surface area (Å²) in [5, 5.41) is 3.32. The third kappa shape index (κ3) is 4.08. The summed E-state index contributed by atoms with van der Waals surface area (Å²) < 4.78 is 1.91. The third-order valence-corrected chi connectivity index (χ3v) is 7.41. The Bertz CT molecular complexity index is 1180. The predicted molar refractivity (Wildman–Crippen MR) is 125 cm³/mol. The van der Waals surface area contributed by atoms with E-state index in [1.165, 1.54) is 16.2 Å². The molecule has 3 aromatic rings. The number of hydrogen-bond acceptors (Lipinski definition) is 6. The Morgan fingerprint density at radius 2 is 1.82 bits per heavy atom. The van der Waals surface area contributed by atoms with Crippen molar-refractivity contribution in [3.8, 4) is 22.0 Å². The van der Waals surface area contributed by atoms with Crippen molar-refractivity contribution in [1.82, 2.24) is 19.4 Å². The van der Waals surface area contributed by atoms with Crippen molar-refractivity contribution in [2.45, 2.75) is 32.1 Å². The maximum Gasteiger partial charge on any atom is 0.233 e. The number of amides is 3. The highest BCUT2D eigenvalue weighted by Crippen LogP contribution is 2.39. The Hall–Kier alpha value is -3.33. The third-order valence-electron chi connectivity index (χ3n) is 6.44. The van der Waals surface area contributed by atoms with E-state index >= 15 is 0 Å². The Labute approximate surface area is 195 Å². The van der Waals surface area contributed by atoms with Gasteiger partial charge >= 0.3 is 0 Å². The molecule has 0 spiro atoms. The summed E-state index contributed by atoms with van der Waals surface area (Å²) in [4.78, 5) is 49.2. The minimum absolute atomic E-state index is 0.0505. The standard InChI is InChI=1S/C24H25N5O3S/c1-28-14-12-25-21(28)20-19(15-7-3-2-4-8-15)27-24(33-20)26-18(30)11-13-29-22(31)16-9-5-6-10-17(16)23(29)32/h2-4,7-8,12,14,16-17H,5-6,9-11,13H2,1H3,(H,26,27,30)/t16-,17+. The Balaban J connectivity index is 1.31. The number of imidazole rings is 1. The molecule has 5 rings (SSSR count). The lowest BCUT2D eigenvalue weighted by atomic mass is 9.81. The fraction of sp³-hybridized carbons (Fsp3) is 0.375. The number of rotatable bonds is 6. The Kier molecular flexibility index (Phi) is 5.80. The molecular formula is C24H25N5O3S. The summed E-state index contributed by atoms with van der Waals surface area (Å²) in [5.74, 6) is -0.123. The maximum atomic E-state index is 12.7. The zero-order chi connectivity index (χ0) is 22.9. The molecule has 1 aliphatic carbocycles. The van der Waals surface area contributed by atoms with Crippen molar-refractivity contribution in [3.63, 3.8) is 0 Å². The van der Waals surface area contributed by atoms with Gasteiger partial charge in [-0.25, -0.2) is 9.97 Å². The van der Waals surface area contributed by atoms with Crippen LogP contribution in [0.15, 0.2) is 42.7 Å². The molecule has 3 amide bonds. The first-order valence-corrected chi connectivity index (χ1v) is 12.0. The summed E-state index contributed by atoms with van der Waals surface area (Å²) in [6.45, 7) is 0.111. The lowest BCUT2D eigenvalue weighted by molar-refractivity contribution is -0.140. The van der Waals surface area contributed by atoms with Crippen LogP contribution in [0.3, 0.4) is 0 Å². The smallest absolute Gasteiger partial charge is 0.233 e. The number of imide groups is 1. The number of aryl methyl sites for hydroxylation is 1. The number of benzene rings is 1. The van der Waals surface area contributed by atoms with Crippen LogP contribution in [0.1, 0.15) is 32.1 Å². The van der Waals surface area contributed by atoms with Crippen LogP contribution < -0.4 is 5.32 Å². The minimum atomic E-state index is -0.273. The first-order valence-electron chi connectivity index (χ1n) is 11.2. The van der Waals surface area contributed by atoms with Gasteiger partial charge in [0, 0.05) is 38.0 Å². The number of carbonyl (C=O) groups is 3. The highest BCUT2D eigenvalue weighted by Gasteiger charge is 2.47. The lowest BCUT2D eigenvalue weighted by Gasteiger charge is -2.19. The van der Waals surface area contributed by atoms with Gasteiger partial charge in [0.2, 0.25) is 17.7 Å². The molecule has 0 unspecified atom stereocenters. The molecule has 2 atom stereocenters. The van der Waals surface area contributed by atoms with Crippen LogP contribution in [0, 0.1) is 11.8 Å². The highest BCUT2D eigenvalue weighted by atomic mass is 32.1. The van der Waals surface area contributed by atoms with Gasteiger partial charge in [-0.15, -0.1) is 0 Å². The van der Waals surface area contributed by atoms with Gasteiger partial charge < -0.3 is 9.88 Å². The molecule has 3 heterocycles. The molecule has 2 fully saturated rings. The van der Waals surface area contributed by atoms with E-state index in [9.17, 15) is 14.4 Å². The zero-order valence-electron chi connectivity index (χ0n) is 18.4. The van der Waals surface area contributed by atoms with Crippen molar-refractivity contribution < 1.29 is 14.4 Å². The number of likely N-dealkylation sites (tertiary alicyclic amines) is 1. The molecule has 1 saturated heterocycles. The van der Waals surface area contributed by atoms with Crippen LogP contribution >= 0.6 is 11.3 Å². The molecule has 1 N–H and O–H groups in total. The second kappa shape index (κ2) is 8.90. The number of carbonyl (C=O) groups excluding carboxylic acids is 3. The molecule has 9 heteroatoms. The van der Waals surface area contributed by atoms with E-state index in [2.05, 4.69) is 15.3 Å². The molecule has 33 heavy (non-hydrogen) atoms. The molecule has 0 bridgehead atoms. The lowest BCUT2D eigenvalue weighted by Crippen LogP contribution is -2.34. The summed E-state index contributed by atoms with van der Waals surface area (Å²) in [6.07, 6.45) is 7.16. The average molecular weight is 464 g/mol. The van der Waals surface area contributed by atoms with Gasteiger partial charge in [0.25, 0.3) is 0 Å².